The van der Waals surface area contributed by atoms with Crippen molar-refractivity contribution >= 4 is 17.2 Å². The monoisotopic (exact) mass is 260 g/mol. The van der Waals surface area contributed by atoms with Crippen molar-refractivity contribution in [3.63, 3.8) is 0 Å². The first kappa shape index (κ1) is 12.8. The molecule has 3 nitrogen and oxygen atoms in total. The first-order valence-electron chi connectivity index (χ1n) is 5.80. The summed E-state index contributed by atoms with van der Waals surface area (Å²) in [6, 6.07) is 9.59. The molecule has 0 bridgehead atoms. The number of amides is 1. The third-order valence-corrected chi connectivity index (χ3v) is 3.67. The highest BCUT2D eigenvalue weighted by Crippen LogP contribution is 2.14. The maximum atomic E-state index is 11.9. The first-order valence-corrected chi connectivity index (χ1v) is 6.74. The average molecular weight is 260 g/mol. The number of nitrogens with one attached hydrogen (secondary N) is 1. The Morgan fingerprint density at radius 3 is 2.67 bits per heavy atom. The Bertz CT molecular complexity index is 522. The number of rotatable bonds is 4. The second kappa shape index (κ2) is 5.80. The molecule has 0 aliphatic heterocycles. The van der Waals surface area contributed by atoms with E-state index in [9.17, 15) is 4.79 Å². The Balaban J connectivity index is 1.93. The molecule has 1 heterocycles. The van der Waals surface area contributed by atoms with Crippen LogP contribution in [0.5, 0.6) is 0 Å². The summed E-state index contributed by atoms with van der Waals surface area (Å²) in [5.74, 6) is -0.0554. The number of carbonyl (C=O) groups is 1. The minimum absolute atomic E-state index is 0.0554. The van der Waals surface area contributed by atoms with Crippen LogP contribution in [0.2, 0.25) is 0 Å². The fourth-order valence-electron chi connectivity index (χ4n) is 1.71. The standard InChI is InChI=1S/C14H16N2OS/c1-10-8-18-9-12(10)14(17)16-7-13(15)11-5-3-2-4-6-11/h2-6,8-9,13H,7,15H2,1H3,(H,16,17). The van der Waals surface area contributed by atoms with Crippen molar-refractivity contribution in [3.05, 3.63) is 57.8 Å². The molecule has 1 unspecified atom stereocenters. The van der Waals surface area contributed by atoms with Crippen molar-refractivity contribution in [2.24, 2.45) is 5.73 Å². The van der Waals surface area contributed by atoms with Crippen LogP contribution in [0.4, 0.5) is 0 Å². The lowest BCUT2D eigenvalue weighted by molar-refractivity contribution is 0.0951. The second-order valence-electron chi connectivity index (χ2n) is 4.20. The van der Waals surface area contributed by atoms with E-state index in [1.165, 1.54) is 11.3 Å². The summed E-state index contributed by atoms with van der Waals surface area (Å²) in [5, 5.41) is 6.69. The molecule has 0 spiro atoms. The van der Waals surface area contributed by atoms with Gasteiger partial charge >= 0.3 is 0 Å². The second-order valence-corrected chi connectivity index (χ2v) is 4.94. The number of hydrogen-bond acceptors (Lipinski definition) is 3. The number of benzene rings is 1. The molecule has 1 atom stereocenters. The van der Waals surface area contributed by atoms with Gasteiger partial charge in [-0.1, -0.05) is 30.3 Å². The minimum atomic E-state index is -0.172. The highest BCUT2D eigenvalue weighted by Gasteiger charge is 2.11. The molecule has 2 aromatic rings. The van der Waals surface area contributed by atoms with E-state index in [4.69, 9.17) is 5.73 Å². The van der Waals surface area contributed by atoms with Crippen LogP contribution in [0.25, 0.3) is 0 Å². The molecule has 2 rings (SSSR count). The summed E-state index contributed by atoms with van der Waals surface area (Å²) in [6.45, 7) is 2.38. The topological polar surface area (TPSA) is 55.1 Å². The van der Waals surface area contributed by atoms with Gasteiger partial charge in [0.05, 0.1) is 5.56 Å². The van der Waals surface area contributed by atoms with Crippen LogP contribution in [0.1, 0.15) is 27.5 Å². The lowest BCUT2D eigenvalue weighted by atomic mass is 10.1. The molecule has 0 saturated carbocycles. The van der Waals surface area contributed by atoms with Crippen LogP contribution < -0.4 is 11.1 Å². The number of nitrogens with two attached hydrogens (primary N) is 1. The van der Waals surface area contributed by atoms with Gasteiger partial charge in [-0.15, -0.1) is 0 Å². The molecule has 0 saturated heterocycles. The average Bonchev–Trinajstić information content (AvgIpc) is 2.83. The van der Waals surface area contributed by atoms with Crippen molar-refractivity contribution in [1.82, 2.24) is 5.32 Å². The van der Waals surface area contributed by atoms with Crippen molar-refractivity contribution in [3.8, 4) is 0 Å². The molecule has 0 aliphatic rings. The summed E-state index contributed by atoms with van der Waals surface area (Å²) in [5.41, 5.74) is 8.79. The number of hydrogen-bond donors (Lipinski definition) is 2. The molecular weight excluding hydrogens is 244 g/mol. The Kier molecular flexibility index (Phi) is 4.12. The van der Waals surface area contributed by atoms with E-state index < -0.39 is 0 Å². The lowest BCUT2D eigenvalue weighted by Crippen LogP contribution is -2.31. The summed E-state index contributed by atoms with van der Waals surface area (Å²) in [4.78, 5) is 11.9. The SMILES string of the molecule is Cc1cscc1C(=O)NCC(N)c1ccccc1. The van der Waals surface area contributed by atoms with Gasteiger partial charge in [0.25, 0.3) is 5.91 Å². The number of thiophene rings is 1. The molecule has 18 heavy (non-hydrogen) atoms. The minimum Gasteiger partial charge on any atom is -0.350 e. The van der Waals surface area contributed by atoms with Crippen molar-refractivity contribution in [1.29, 1.82) is 0 Å². The summed E-state index contributed by atoms with van der Waals surface area (Å²) in [7, 11) is 0. The van der Waals surface area contributed by atoms with Gasteiger partial charge in [-0.3, -0.25) is 4.79 Å². The zero-order valence-corrected chi connectivity index (χ0v) is 11.0. The molecule has 1 amide bonds. The van der Waals surface area contributed by atoms with Gasteiger partial charge in [-0.2, -0.15) is 11.3 Å². The van der Waals surface area contributed by atoms with Crippen LogP contribution >= 0.6 is 11.3 Å². The predicted molar refractivity (Wildman–Crippen MR) is 74.8 cm³/mol. The quantitative estimate of drug-likeness (QED) is 0.887. The predicted octanol–water partition coefficient (Wildman–Crippen LogP) is 2.49. The molecule has 4 heteroatoms. The fraction of sp³-hybridized carbons (Fsp3) is 0.214. The van der Waals surface area contributed by atoms with E-state index in [2.05, 4.69) is 5.32 Å². The zero-order valence-electron chi connectivity index (χ0n) is 10.2. The molecule has 3 N–H and O–H groups in total. The molecule has 0 aliphatic carbocycles. The normalized spacial score (nSPS) is 12.1. The van der Waals surface area contributed by atoms with Crippen molar-refractivity contribution in [2.75, 3.05) is 6.54 Å². The van der Waals surface area contributed by atoms with Gasteiger partial charge in [0, 0.05) is 18.0 Å². The Labute approximate surface area is 111 Å². The van der Waals surface area contributed by atoms with Crippen LogP contribution in [-0.2, 0) is 0 Å². The van der Waals surface area contributed by atoms with Crippen LogP contribution in [0.3, 0.4) is 0 Å². The van der Waals surface area contributed by atoms with Crippen LogP contribution in [0.15, 0.2) is 41.1 Å². The maximum Gasteiger partial charge on any atom is 0.252 e. The van der Waals surface area contributed by atoms with Gasteiger partial charge in [-0.05, 0) is 23.4 Å². The maximum absolute atomic E-state index is 11.9. The molecule has 1 aromatic carbocycles. The largest absolute Gasteiger partial charge is 0.350 e. The number of carbonyl (C=O) groups excluding carboxylic acids is 1. The van der Waals surface area contributed by atoms with Gasteiger partial charge in [0.1, 0.15) is 0 Å². The van der Waals surface area contributed by atoms with E-state index in [0.717, 1.165) is 16.7 Å². The van der Waals surface area contributed by atoms with Gasteiger partial charge in [0.2, 0.25) is 0 Å². The van der Waals surface area contributed by atoms with Crippen LogP contribution in [0, 0.1) is 6.92 Å². The zero-order chi connectivity index (χ0) is 13.0. The Morgan fingerprint density at radius 1 is 1.33 bits per heavy atom. The Morgan fingerprint density at radius 2 is 2.06 bits per heavy atom. The third-order valence-electron chi connectivity index (χ3n) is 2.81. The Hall–Kier alpha value is -1.65. The van der Waals surface area contributed by atoms with Gasteiger partial charge in [0.15, 0.2) is 0 Å². The molecule has 1 aromatic heterocycles. The van der Waals surface area contributed by atoms with E-state index >= 15 is 0 Å². The van der Waals surface area contributed by atoms with Crippen molar-refractivity contribution < 1.29 is 4.79 Å². The van der Waals surface area contributed by atoms with E-state index in [1.807, 2.05) is 48.0 Å². The molecular formula is C14H16N2OS. The highest BCUT2D eigenvalue weighted by molar-refractivity contribution is 7.08. The first-order chi connectivity index (χ1) is 8.68. The van der Waals surface area contributed by atoms with E-state index in [0.29, 0.717) is 6.54 Å². The van der Waals surface area contributed by atoms with Crippen molar-refractivity contribution in [2.45, 2.75) is 13.0 Å². The van der Waals surface area contributed by atoms with Crippen LogP contribution in [-0.4, -0.2) is 12.5 Å². The number of aryl methyl sites for hydroxylation is 1. The third kappa shape index (κ3) is 2.97. The molecule has 0 fully saturated rings. The van der Waals surface area contributed by atoms with Gasteiger partial charge < -0.3 is 11.1 Å². The van der Waals surface area contributed by atoms with E-state index in [1.54, 1.807) is 0 Å². The summed E-state index contributed by atoms with van der Waals surface area (Å²) < 4.78 is 0. The summed E-state index contributed by atoms with van der Waals surface area (Å²) >= 11 is 1.53. The van der Waals surface area contributed by atoms with Gasteiger partial charge in [-0.25, -0.2) is 0 Å². The summed E-state index contributed by atoms with van der Waals surface area (Å²) in [6.07, 6.45) is 0. The molecule has 0 radical (unpaired) electrons. The fourth-order valence-corrected chi connectivity index (χ4v) is 2.54. The highest BCUT2D eigenvalue weighted by atomic mass is 32.1. The van der Waals surface area contributed by atoms with E-state index in [-0.39, 0.29) is 11.9 Å². The lowest BCUT2D eigenvalue weighted by Gasteiger charge is -2.13. The smallest absolute Gasteiger partial charge is 0.252 e. The molecule has 94 valence electrons.